The van der Waals surface area contributed by atoms with Crippen molar-refractivity contribution in [3.63, 3.8) is 0 Å². The summed E-state index contributed by atoms with van der Waals surface area (Å²) in [6.45, 7) is 3.78. The summed E-state index contributed by atoms with van der Waals surface area (Å²) in [5.74, 6) is -0.0701. The second-order valence-electron chi connectivity index (χ2n) is 7.66. The number of hydrogen-bond donors (Lipinski definition) is 1. The van der Waals surface area contributed by atoms with Gasteiger partial charge in [0, 0.05) is 12.2 Å². The van der Waals surface area contributed by atoms with Gasteiger partial charge in [0.05, 0.1) is 21.5 Å². The molecule has 0 fully saturated rings. The van der Waals surface area contributed by atoms with Gasteiger partial charge in [0.15, 0.2) is 0 Å². The number of carbonyl (C=O) groups excluding carboxylic acids is 1. The first-order valence-corrected chi connectivity index (χ1v) is 12.3. The Morgan fingerprint density at radius 3 is 2.19 bits per heavy atom. The minimum Gasteiger partial charge on any atom is -0.325 e. The zero-order valence-corrected chi connectivity index (χ0v) is 20.1. The molecule has 3 aromatic carbocycles. The Morgan fingerprint density at radius 2 is 1.59 bits per heavy atom. The fourth-order valence-electron chi connectivity index (χ4n) is 3.12. The van der Waals surface area contributed by atoms with Crippen LogP contribution in [0, 0.1) is 0 Å². The zero-order chi connectivity index (χ0) is 23.3. The van der Waals surface area contributed by atoms with Crippen molar-refractivity contribution in [3.05, 3.63) is 94.0 Å². The Hall–Kier alpha value is -2.38. The Labute approximate surface area is 199 Å². The van der Waals surface area contributed by atoms with E-state index in [2.05, 4.69) is 19.2 Å². The third-order valence-corrected chi connectivity index (χ3v) is 7.45. The van der Waals surface area contributed by atoms with E-state index in [-0.39, 0.29) is 18.0 Å². The minimum absolute atomic E-state index is 0.0339. The Morgan fingerprint density at radius 1 is 0.938 bits per heavy atom. The third kappa shape index (κ3) is 6.11. The average molecular weight is 491 g/mol. The molecule has 8 heteroatoms. The Balaban J connectivity index is 1.84. The van der Waals surface area contributed by atoms with Crippen molar-refractivity contribution in [2.24, 2.45) is 0 Å². The topological polar surface area (TPSA) is 66.5 Å². The highest BCUT2D eigenvalue weighted by Gasteiger charge is 2.27. The van der Waals surface area contributed by atoms with Gasteiger partial charge in [0.1, 0.15) is 0 Å². The van der Waals surface area contributed by atoms with Crippen LogP contribution >= 0.6 is 23.2 Å². The smallest absolute Gasteiger partial charge is 0.243 e. The van der Waals surface area contributed by atoms with Crippen molar-refractivity contribution in [1.29, 1.82) is 0 Å². The number of hydrogen-bond acceptors (Lipinski definition) is 3. The normalized spacial score (nSPS) is 11.7. The number of amides is 1. The lowest BCUT2D eigenvalue weighted by atomic mass is 10.0. The number of carbonyl (C=O) groups is 1. The molecule has 0 heterocycles. The van der Waals surface area contributed by atoms with E-state index >= 15 is 0 Å². The molecule has 0 aliphatic rings. The van der Waals surface area contributed by atoms with Gasteiger partial charge in [-0.15, -0.1) is 0 Å². The maximum atomic E-state index is 13.3. The fraction of sp³-hybridized carbons (Fsp3) is 0.208. The molecule has 0 saturated carbocycles. The second kappa shape index (κ2) is 10.5. The molecule has 0 spiro atoms. The number of rotatable bonds is 8. The van der Waals surface area contributed by atoms with Gasteiger partial charge in [-0.3, -0.25) is 4.79 Å². The van der Waals surface area contributed by atoms with Crippen LogP contribution in [0.1, 0.15) is 30.9 Å². The molecule has 0 aliphatic heterocycles. The van der Waals surface area contributed by atoms with E-state index in [0.717, 1.165) is 9.87 Å². The van der Waals surface area contributed by atoms with Gasteiger partial charge in [-0.1, -0.05) is 73.4 Å². The van der Waals surface area contributed by atoms with Gasteiger partial charge >= 0.3 is 0 Å². The fourth-order valence-corrected chi connectivity index (χ4v) is 4.85. The monoisotopic (exact) mass is 490 g/mol. The predicted molar refractivity (Wildman–Crippen MR) is 130 cm³/mol. The summed E-state index contributed by atoms with van der Waals surface area (Å²) in [5.41, 5.74) is 2.37. The lowest BCUT2D eigenvalue weighted by Crippen LogP contribution is -2.37. The molecule has 0 unspecified atom stereocenters. The van der Waals surface area contributed by atoms with Gasteiger partial charge in [0.25, 0.3) is 0 Å². The second-order valence-corrected chi connectivity index (χ2v) is 10.4. The molecule has 0 saturated heterocycles. The molecule has 1 N–H and O–H groups in total. The van der Waals surface area contributed by atoms with Crippen molar-refractivity contribution in [2.45, 2.75) is 31.2 Å². The van der Waals surface area contributed by atoms with Crippen LogP contribution in [0.3, 0.4) is 0 Å². The number of nitrogens with one attached hydrogen (secondary N) is 1. The molecule has 0 atom stereocenters. The van der Waals surface area contributed by atoms with Crippen molar-refractivity contribution < 1.29 is 13.2 Å². The first kappa shape index (κ1) is 24.3. The number of benzene rings is 3. The van der Waals surface area contributed by atoms with E-state index in [0.29, 0.717) is 27.2 Å². The highest BCUT2D eigenvalue weighted by Crippen LogP contribution is 2.25. The Bertz CT molecular complexity index is 1180. The molecular weight excluding hydrogens is 467 g/mol. The largest absolute Gasteiger partial charge is 0.325 e. The molecule has 0 radical (unpaired) electrons. The van der Waals surface area contributed by atoms with E-state index in [9.17, 15) is 13.2 Å². The lowest BCUT2D eigenvalue weighted by Gasteiger charge is -2.22. The number of nitrogens with zero attached hydrogens (tertiary/aromatic N) is 1. The van der Waals surface area contributed by atoms with E-state index in [1.807, 2.05) is 24.3 Å². The predicted octanol–water partition coefficient (Wildman–Crippen LogP) is 5.95. The van der Waals surface area contributed by atoms with Crippen LogP contribution < -0.4 is 5.32 Å². The number of sulfonamides is 1. The quantitative estimate of drug-likeness (QED) is 0.424. The van der Waals surface area contributed by atoms with Crippen LogP contribution in [-0.2, 0) is 21.4 Å². The zero-order valence-electron chi connectivity index (χ0n) is 17.8. The van der Waals surface area contributed by atoms with Crippen LogP contribution in [0.15, 0.2) is 77.7 Å². The summed E-state index contributed by atoms with van der Waals surface area (Å²) in [4.78, 5) is 12.9. The van der Waals surface area contributed by atoms with Gasteiger partial charge in [0.2, 0.25) is 15.9 Å². The molecule has 0 aromatic heterocycles. The lowest BCUT2D eigenvalue weighted by molar-refractivity contribution is -0.116. The van der Waals surface area contributed by atoms with Crippen molar-refractivity contribution in [1.82, 2.24) is 4.31 Å². The van der Waals surface area contributed by atoms with E-state index in [1.165, 1.54) is 12.1 Å². The van der Waals surface area contributed by atoms with E-state index in [1.54, 1.807) is 36.4 Å². The summed E-state index contributed by atoms with van der Waals surface area (Å²) < 4.78 is 27.7. The maximum Gasteiger partial charge on any atom is 0.243 e. The highest BCUT2D eigenvalue weighted by molar-refractivity contribution is 7.89. The molecule has 168 valence electrons. The van der Waals surface area contributed by atoms with Gasteiger partial charge < -0.3 is 5.32 Å². The van der Waals surface area contributed by atoms with Crippen molar-refractivity contribution in [2.75, 3.05) is 11.9 Å². The molecular formula is C24H24Cl2N2O3S. The molecule has 0 bridgehead atoms. The van der Waals surface area contributed by atoms with Crippen LogP contribution in [-0.4, -0.2) is 25.2 Å². The molecule has 32 heavy (non-hydrogen) atoms. The first-order valence-electron chi connectivity index (χ1n) is 10.1. The molecule has 1 amide bonds. The summed E-state index contributed by atoms with van der Waals surface area (Å²) in [7, 11) is -3.93. The van der Waals surface area contributed by atoms with Crippen molar-refractivity contribution >= 4 is 44.8 Å². The molecule has 3 aromatic rings. The van der Waals surface area contributed by atoms with E-state index in [4.69, 9.17) is 23.2 Å². The Kier molecular flexibility index (Phi) is 7.96. The van der Waals surface area contributed by atoms with Crippen LogP contribution in [0.4, 0.5) is 5.69 Å². The van der Waals surface area contributed by atoms with Gasteiger partial charge in [-0.2, -0.15) is 4.31 Å². The highest BCUT2D eigenvalue weighted by atomic mass is 35.5. The summed E-state index contributed by atoms with van der Waals surface area (Å²) in [6, 6.07) is 20.4. The number of anilines is 1. The van der Waals surface area contributed by atoms with Crippen molar-refractivity contribution in [3.8, 4) is 0 Å². The SMILES string of the molecule is CC(C)c1ccc(NC(=O)CN(Cc2ccc(Cl)c(Cl)c2)S(=O)(=O)c2ccccc2)cc1. The summed E-state index contributed by atoms with van der Waals surface area (Å²) >= 11 is 12.1. The minimum atomic E-state index is -3.93. The van der Waals surface area contributed by atoms with Gasteiger partial charge in [-0.05, 0) is 53.4 Å². The summed E-state index contributed by atoms with van der Waals surface area (Å²) in [5, 5.41) is 3.46. The first-order chi connectivity index (χ1) is 15.2. The standard InChI is InChI=1S/C24H24Cl2N2O3S/c1-17(2)19-9-11-20(12-10-19)27-24(29)16-28(15-18-8-13-22(25)23(26)14-18)32(30,31)21-6-4-3-5-7-21/h3-14,17H,15-16H2,1-2H3,(H,27,29). The van der Waals surface area contributed by atoms with Crippen LogP contribution in [0.2, 0.25) is 10.0 Å². The molecule has 0 aliphatic carbocycles. The number of halogens is 2. The molecule has 5 nitrogen and oxygen atoms in total. The van der Waals surface area contributed by atoms with Crippen LogP contribution in [0.25, 0.3) is 0 Å². The third-order valence-electron chi connectivity index (χ3n) is 4.90. The van der Waals surface area contributed by atoms with E-state index < -0.39 is 15.9 Å². The van der Waals surface area contributed by atoms with Crippen LogP contribution in [0.5, 0.6) is 0 Å². The summed E-state index contributed by atoms with van der Waals surface area (Å²) in [6.07, 6.45) is 0. The maximum absolute atomic E-state index is 13.3. The average Bonchev–Trinajstić information content (AvgIpc) is 2.76. The van der Waals surface area contributed by atoms with Gasteiger partial charge in [-0.25, -0.2) is 8.42 Å². The molecule has 3 rings (SSSR count).